The van der Waals surface area contributed by atoms with Gasteiger partial charge in [-0.05, 0) is 84.9 Å². The Bertz CT molecular complexity index is 1740. The largest absolute Gasteiger partial charge is 0.394 e. The summed E-state index contributed by atoms with van der Waals surface area (Å²) in [7, 11) is 0. The summed E-state index contributed by atoms with van der Waals surface area (Å²) in [5.41, 5.74) is -1.86. The number of aliphatic hydroxyl groups is 10. The molecule has 2 bridgehead atoms. The van der Waals surface area contributed by atoms with Crippen LogP contribution in [0.4, 0.5) is 0 Å². The minimum absolute atomic E-state index is 0.147. The van der Waals surface area contributed by atoms with E-state index in [1.165, 1.54) is 0 Å². The van der Waals surface area contributed by atoms with Crippen molar-refractivity contribution in [2.24, 2.45) is 56.7 Å². The molecule has 9 rings (SSSR count). The zero-order valence-corrected chi connectivity index (χ0v) is 38.4. The van der Waals surface area contributed by atoms with Gasteiger partial charge in [-0.3, -0.25) is 0 Å². The summed E-state index contributed by atoms with van der Waals surface area (Å²) in [6.45, 7) is 15.1. The van der Waals surface area contributed by atoms with E-state index < -0.39 is 129 Å². The summed E-state index contributed by atoms with van der Waals surface area (Å²) in [5, 5.41) is 108. The highest BCUT2D eigenvalue weighted by Crippen LogP contribution is 2.79. The van der Waals surface area contributed by atoms with Gasteiger partial charge in [0.2, 0.25) is 0 Å². The number of hydrogen-bond donors (Lipinski definition) is 10. The van der Waals surface area contributed by atoms with Crippen molar-refractivity contribution >= 4 is 0 Å². The number of hydrogen-bond acceptors (Lipinski definition) is 17. The molecular weight excluding hydrogens is 836 g/mol. The minimum atomic E-state index is -1.82. The maximum Gasteiger partial charge on any atom is 0.187 e. The van der Waals surface area contributed by atoms with E-state index in [9.17, 15) is 51.1 Å². The molecule has 17 nitrogen and oxygen atoms in total. The second kappa shape index (κ2) is 16.6. The Labute approximate surface area is 376 Å². The maximum absolute atomic E-state index is 12.3. The average Bonchev–Trinajstić information content (AvgIpc) is 3.56. The van der Waals surface area contributed by atoms with Crippen LogP contribution in [0.1, 0.15) is 93.4 Å². The summed E-state index contributed by atoms with van der Waals surface area (Å²) in [6, 6.07) is 0. The summed E-state index contributed by atoms with van der Waals surface area (Å²) < 4.78 is 43.7. The summed E-state index contributed by atoms with van der Waals surface area (Å²) in [6.07, 6.45) is -12.5. The SMILES string of the molecule is C[C@H]1[C@H](C)CC[C@]23CO[C@]4(C=C[C@@H]5[C@@]6(C)CC[C@H](O[C@@H]7O[C@H](CO)[C@@H](O)[C@H](O)[C@H]7O[C@@H]7O[C@H](CO)[C@@H](O)[C@H](O)[C@H]7O[C@@H]7OC[C@@H](O)[C@H](O)[C@H]7O)C(C)(C)[C@H]6CC[C@@]5(C)[C@]4(C)C[C@H]2O)[C@@H]13. The summed E-state index contributed by atoms with van der Waals surface area (Å²) in [4.78, 5) is 0. The fraction of sp³-hybridized carbons (Fsp3) is 0.957. The Morgan fingerprint density at radius 1 is 0.672 bits per heavy atom. The van der Waals surface area contributed by atoms with Crippen LogP contribution in [-0.2, 0) is 33.2 Å². The number of aliphatic hydroxyl groups excluding tert-OH is 10. The predicted octanol–water partition coefficient (Wildman–Crippen LogP) is 0.0961. The van der Waals surface area contributed by atoms with Gasteiger partial charge in [-0.1, -0.05) is 60.6 Å². The van der Waals surface area contributed by atoms with Gasteiger partial charge < -0.3 is 84.2 Å². The van der Waals surface area contributed by atoms with E-state index in [0.29, 0.717) is 31.3 Å². The number of fused-ring (bicyclic) bond motifs is 4. The Hall–Kier alpha value is -0.940. The monoisotopic (exact) mass is 913 g/mol. The molecule has 366 valence electrons. The van der Waals surface area contributed by atoms with Crippen LogP contribution in [0.2, 0.25) is 0 Å². The van der Waals surface area contributed by atoms with Crippen LogP contribution in [0.3, 0.4) is 0 Å². The van der Waals surface area contributed by atoms with Crippen molar-refractivity contribution in [1.29, 1.82) is 0 Å². The fourth-order valence-corrected chi connectivity index (χ4v) is 15.8. The Morgan fingerprint density at radius 3 is 1.91 bits per heavy atom. The van der Waals surface area contributed by atoms with Crippen molar-refractivity contribution in [3.8, 4) is 0 Å². The lowest BCUT2D eigenvalue weighted by Crippen LogP contribution is -2.73. The molecule has 0 aromatic rings. The standard InChI is InChI=1S/C47H76O17/c1-21-8-14-46-20-59-47(38(46)22(21)2)15-10-27-43(5)12-11-29(42(3,4)26(43)9-13-44(27,6)45(47,7)16-28(46)51)62-40-36(33(55)31(53)24(17-48)60-40)64-41-37(34(56)32(54)25(18-49)61-41)63-39-35(57)30(52)23(50)19-58-39/h10,15,21-41,48-57H,8-9,11-14,16-20H2,1-7H3/t21-,22+,23-,24-,25-,26-,27-,28-,29+,30+,31-,32-,33+,34+,35-,36-,37-,38+,39+,40+,41+,43+,44-,45+,46+,47-/m1/s1. The van der Waals surface area contributed by atoms with Gasteiger partial charge in [-0.25, -0.2) is 0 Å². The number of rotatable bonds is 8. The molecule has 0 aromatic carbocycles. The number of ether oxygens (including phenoxy) is 7. The molecule has 4 heterocycles. The van der Waals surface area contributed by atoms with Crippen LogP contribution < -0.4 is 0 Å². The molecule has 0 radical (unpaired) electrons. The van der Waals surface area contributed by atoms with Gasteiger partial charge in [0.25, 0.3) is 0 Å². The van der Waals surface area contributed by atoms with Crippen molar-refractivity contribution in [2.75, 3.05) is 26.4 Å². The summed E-state index contributed by atoms with van der Waals surface area (Å²) >= 11 is 0. The van der Waals surface area contributed by atoms with Crippen LogP contribution >= 0.6 is 0 Å². The van der Waals surface area contributed by atoms with E-state index in [-0.39, 0.29) is 39.4 Å². The molecule has 4 saturated heterocycles. The molecule has 1 spiro atoms. The van der Waals surface area contributed by atoms with Crippen molar-refractivity contribution in [1.82, 2.24) is 0 Å². The van der Waals surface area contributed by atoms with Crippen molar-refractivity contribution in [2.45, 2.75) is 197 Å². The maximum atomic E-state index is 12.3. The van der Waals surface area contributed by atoms with Crippen LogP contribution in [0.15, 0.2) is 12.2 Å². The van der Waals surface area contributed by atoms with Crippen LogP contribution in [-0.4, -0.2) is 181 Å². The van der Waals surface area contributed by atoms with Crippen LogP contribution in [0, 0.1) is 56.7 Å². The van der Waals surface area contributed by atoms with Crippen LogP contribution in [0.5, 0.6) is 0 Å². The van der Waals surface area contributed by atoms with Gasteiger partial charge in [-0.15, -0.1) is 0 Å². The molecule has 17 heteroatoms. The normalized spacial score (nSPS) is 59.0. The lowest BCUT2D eigenvalue weighted by molar-refractivity contribution is -0.395. The number of allylic oxidation sites excluding steroid dienone is 1. The van der Waals surface area contributed by atoms with Crippen molar-refractivity contribution in [3.05, 3.63) is 12.2 Å². The topological polar surface area (TPSA) is 267 Å². The van der Waals surface area contributed by atoms with Gasteiger partial charge >= 0.3 is 0 Å². The lowest BCUT2D eigenvalue weighted by atomic mass is 9.31. The second-order valence-corrected chi connectivity index (χ2v) is 22.9. The van der Waals surface area contributed by atoms with Gasteiger partial charge in [0.05, 0.1) is 44.2 Å². The molecule has 5 aliphatic carbocycles. The third-order valence-electron chi connectivity index (χ3n) is 19.9. The van der Waals surface area contributed by atoms with Crippen molar-refractivity contribution in [3.63, 3.8) is 0 Å². The van der Waals surface area contributed by atoms with E-state index in [1.54, 1.807) is 0 Å². The lowest BCUT2D eigenvalue weighted by Gasteiger charge is -2.73. The van der Waals surface area contributed by atoms with E-state index in [4.69, 9.17) is 33.2 Å². The first-order valence-corrected chi connectivity index (χ1v) is 24.0. The van der Waals surface area contributed by atoms with Crippen molar-refractivity contribution < 1.29 is 84.2 Å². The zero-order chi connectivity index (χ0) is 46.3. The first kappa shape index (κ1) is 48.1. The molecule has 0 aromatic heterocycles. The minimum Gasteiger partial charge on any atom is -0.394 e. The Morgan fingerprint density at radius 2 is 1.28 bits per heavy atom. The van der Waals surface area contributed by atoms with Gasteiger partial charge in [0, 0.05) is 16.7 Å². The van der Waals surface area contributed by atoms with Crippen LogP contribution in [0.25, 0.3) is 0 Å². The highest BCUT2D eigenvalue weighted by Gasteiger charge is 2.79. The smallest absolute Gasteiger partial charge is 0.187 e. The zero-order valence-electron chi connectivity index (χ0n) is 38.4. The highest BCUT2D eigenvalue weighted by molar-refractivity contribution is 5.36. The molecule has 0 unspecified atom stereocenters. The third kappa shape index (κ3) is 6.65. The Balaban J connectivity index is 0.986. The molecule has 0 amide bonds. The van der Waals surface area contributed by atoms with E-state index in [1.807, 2.05) is 0 Å². The molecule has 4 aliphatic heterocycles. The second-order valence-electron chi connectivity index (χ2n) is 22.9. The third-order valence-corrected chi connectivity index (χ3v) is 19.9. The average molecular weight is 913 g/mol. The fourth-order valence-electron chi connectivity index (χ4n) is 15.8. The quantitative estimate of drug-likeness (QED) is 0.114. The first-order chi connectivity index (χ1) is 30.1. The van der Waals surface area contributed by atoms with E-state index in [2.05, 4.69) is 60.6 Å². The van der Waals surface area contributed by atoms with Gasteiger partial charge in [0.15, 0.2) is 18.9 Å². The first-order valence-electron chi connectivity index (χ1n) is 24.0. The molecule has 8 fully saturated rings. The molecule has 4 saturated carbocycles. The van der Waals surface area contributed by atoms with E-state index >= 15 is 0 Å². The molecule has 9 aliphatic rings. The van der Waals surface area contributed by atoms with E-state index in [0.717, 1.165) is 32.1 Å². The highest BCUT2D eigenvalue weighted by atomic mass is 16.8. The van der Waals surface area contributed by atoms with Gasteiger partial charge in [0.1, 0.15) is 67.1 Å². The molecule has 26 atom stereocenters. The van der Waals surface area contributed by atoms with Gasteiger partial charge in [-0.2, -0.15) is 0 Å². The Kier molecular flexibility index (Phi) is 12.5. The molecule has 64 heavy (non-hydrogen) atoms. The predicted molar refractivity (Wildman–Crippen MR) is 223 cm³/mol. The summed E-state index contributed by atoms with van der Waals surface area (Å²) in [5.74, 6) is 1.51. The molecular formula is C47H76O17. The molecule has 10 N–H and O–H groups in total.